The van der Waals surface area contributed by atoms with Crippen molar-refractivity contribution in [1.29, 1.82) is 0 Å². The Balaban J connectivity index is 1.99. The van der Waals surface area contributed by atoms with Crippen LogP contribution in [0.1, 0.15) is 17.2 Å². The molecule has 0 amide bonds. The first kappa shape index (κ1) is 12.7. The third-order valence-electron chi connectivity index (χ3n) is 3.48. The number of benzene rings is 1. The van der Waals surface area contributed by atoms with Gasteiger partial charge in [0.25, 0.3) is 0 Å². The number of hydrogen-bond donors (Lipinski definition) is 2. The van der Waals surface area contributed by atoms with Gasteiger partial charge in [0.2, 0.25) is 0 Å². The van der Waals surface area contributed by atoms with Gasteiger partial charge >= 0.3 is 0 Å². The third-order valence-corrected chi connectivity index (χ3v) is 3.48. The van der Waals surface area contributed by atoms with Crippen LogP contribution in [0.3, 0.4) is 0 Å². The van der Waals surface area contributed by atoms with E-state index >= 15 is 0 Å². The molecule has 20 heavy (non-hydrogen) atoms. The minimum absolute atomic E-state index is 0.0588. The smallest absolute Gasteiger partial charge is 0.0506 e. The number of nitrogens with zero attached hydrogens (tertiary/aromatic N) is 2. The Kier molecular flexibility index (Phi) is 3.67. The molecule has 1 atom stereocenters. The topological polar surface area (TPSA) is 63.8 Å². The second-order valence-electron chi connectivity index (χ2n) is 4.72. The van der Waals surface area contributed by atoms with Gasteiger partial charge in [0.05, 0.1) is 6.04 Å². The Morgan fingerprint density at radius 3 is 2.60 bits per heavy atom. The van der Waals surface area contributed by atoms with Gasteiger partial charge in [-0.2, -0.15) is 0 Å². The van der Waals surface area contributed by atoms with Crippen molar-refractivity contribution in [3.8, 4) is 0 Å². The highest BCUT2D eigenvalue weighted by molar-refractivity contribution is 5.85. The van der Waals surface area contributed by atoms with Gasteiger partial charge in [-0.3, -0.25) is 21.2 Å². The van der Waals surface area contributed by atoms with Gasteiger partial charge in [-0.05, 0) is 41.1 Å². The molecule has 4 nitrogen and oxygen atoms in total. The van der Waals surface area contributed by atoms with E-state index in [0.29, 0.717) is 0 Å². The van der Waals surface area contributed by atoms with E-state index in [1.54, 1.807) is 12.4 Å². The molecule has 0 aliphatic heterocycles. The normalized spacial score (nSPS) is 12.4. The molecular weight excluding hydrogens is 248 g/mol. The fraction of sp³-hybridized carbons (Fsp3) is 0.125. The molecule has 0 spiro atoms. The van der Waals surface area contributed by atoms with Crippen molar-refractivity contribution in [2.45, 2.75) is 12.5 Å². The number of rotatable bonds is 4. The number of nitrogens with one attached hydrogen (secondary N) is 1. The predicted octanol–water partition coefficient (Wildman–Crippen LogP) is 2.38. The summed E-state index contributed by atoms with van der Waals surface area (Å²) in [7, 11) is 0. The highest BCUT2D eigenvalue weighted by Crippen LogP contribution is 2.25. The summed E-state index contributed by atoms with van der Waals surface area (Å²) in [5, 5.41) is 2.31. The number of nitrogens with two attached hydrogens (primary N) is 1. The van der Waals surface area contributed by atoms with Crippen LogP contribution in [-0.4, -0.2) is 9.97 Å². The van der Waals surface area contributed by atoms with Crippen LogP contribution in [0.2, 0.25) is 0 Å². The van der Waals surface area contributed by atoms with E-state index in [1.807, 2.05) is 36.7 Å². The quantitative estimate of drug-likeness (QED) is 0.561. The molecule has 1 unspecified atom stereocenters. The standard InChI is InChI=1S/C16H16N4/c17-20-16(10-12-4-7-18-8-5-12)15-3-1-2-13-11-19-9-6-14(13)15/h1-9,11,16,20H,10,17H2. The first-order chi connectivity index (χ1) is 9.88. The Bertz CT molecular complexity index is 692. The lowest BCUT2D eigenvalue weighted by molar-refractivity contribution is 0.555. The summed E-state index contributed by atoms with van der Waals surface area (Å²) in [5.41, 5.74) is 5.31. The average molecular weight is 264 g/mol. The third kappa shape index (κ3) is 2.52. The summed E-state index contributed by atoms with van der Waals surface area (Å²) in [5.74, 6) is 5.76. The van der Waals surface area contributed by atoms with Crippen LogP contribution < -0.4 is 11.3 Å². The van der Waals surface area contributed by atoms with Crippen molar-refractivity contribution in [3.05, 3.63) is 72.3 Å². The summed E-state index contributed by atoms with van der Waals surface area (Å²) < 4.78 is 0. The molecule has 0 saturated carbocycles. The van der Waals surface area contributed by atoms with Crippen LogP contribution in [-0.2, 0) is 6.42 Å². The van der Waals surface area contributed by atoms with Crippen molar-refractivity contribution >= 4 is 10.8 Å². The molecule has 3 aromatic rings. The van der Waals surface area contributed by atoms with Crippen molar-refractivity contribution < 1.29 is 0 Å². The molecule has 3 N–H and O–H groups in total. The molecule has 4 heteroatoms. The maximum atomic E-state index is 5.76. The van der Waals surface area contributed by atoms with Crippen LogP contribution in [0, 0.1) is 0 Å². The first-order valence-electron chi connectivity index (χ1n) is 6.56. The van der Waals surface area contributed by atoms with Gasteiger partial charge in [0.1, 0.15) is 0 Å². The van der Waals surface area contributed by atoms with Crippen molar-refractivity contribution in [1.82, 2.24) is 15.4 Å². The molecule has 2 aromatic heterocycles. The molecule has 3 rings (SSSR count). The molecule has 0 aliphatic carbocycles. The Labute approximate surface area is 117 Å². The summed E-state index contributed by atoms with van der Waals surface area (Å²) in [6.45, 7) is 0. The van der Waals surface area contributed by atoms with E-state index in [9.17, 15) is 0 Å². The van der Waals surface area contributed by atoms with E-state index < -0.39 is 0 Å². The van der Waals surface area contributed by atoms with Crippen molar-refractivity contribution in [2.24, 2.45) is 5.84 Å². The van der Waals surface area contributed by atoms with Crippen LogP contribution in [0.5, 0.6) is 0 Å². The van der Waals surface area contributed by atoms with E-state index in [2.05, 4.69) is 27.5 Å². The number of hydrogen-bond acceptors (Lipinski definition) is 4. The summed E-state index contributed by atoms with van der Waals surface area (Å²) in [6, 6.07) is 12.3. The zero-order valence-electron chi connectivity index (χ0n) is 11.0. The SMILES string of the molecule is NNC(Cc1ccncc1)c1cccc2cnccc12. The summed E-state index contributed by atoms with van der Waals surface area (Å²) in [6.07, 6.45) is 8.11. The Morgan fingerprint density at radius 1 is 1.00 bits per heavy atom. The Morgan fingerprint density at radius 2 is 1.80 bits per heavy atom. The van der Waals surface area contributed by atoms with Crippen molar-refractivity contribution in [3.63, 3.8) is 0 Å². The first-order valence-corrected chi connectivity index (χ1v) is 6.56. The van der Waals surface area contributed by atoms with E-state index in [-0.39, 0.29) is 6.04 Å². The molecule has 0 saturated heterocycles. The molecule has 2 heterocycles. The minimum atomic E-state index is 0.0588. The van der Waals surface area contributed by atoms with Crippen LogP contribution >= 0.6 is 0 Å². The maximum Gasteiger partial charge on any atom is 0.0506 e. The number of fused-ring (bicyclic) bond motifs is 1. The molecule has 0 aliphatic rings. The number of aromatic nitrogens is 2. The average Bonchev–Trinajstić information content (AvgIpc) is 2.53. The summed E-state index contributed by atoms with van der Waals surface area (Å²) in [4.78, 5) is 8.20. The lowest BCUT2D eigenvalue weighted by atomic mass is 9.96. The second kappa shape index (κ2) is 5.77. The zero-order valence-corrected chi connectivity index (χ0v) is 11.0. The molecule has 100 valence electrons. The van der Waals surface area contributed by atoms with Gasteiger partial charge in [0, 0.05) is 30.2 Å². The van der Waals surface area contributed by atoms with Crippen LogP contribution in [0.4, 0.5) is 0 Å². The van der Waals surface area contributed by atoms with Gasteiger partial charge < -0.3 is 0 Å². The van der Waals surface area contributed by atoms with E-state index in [4.69, 9.17) is 5.84 Å². The molecule has 0 fully saturated rings. The largest absolute Gasteiger partial charge is 0.271 e. The van der Waals surface area contributed by atoms with Crippen molar-refractivity contribution in [2.75, 3.05) is 0 Å². The maximum absolute atomic E-state index is 5.76. The fourth-order valence-corrected chi connectivity index (χ4v) is 2.46. The highest BCUT2D eigenvalue weighted by Gasteiger charge is 2.13. The number of hydrazine groups is 1. The van der Waals surface area contributed by atoms with Gasteiger partial charge in [0.15, 0.2) is 0 Å². The lowest BCUT2D eigenvalue weighted by Gasteiger charge is -2.18. The summed E-state index contributed by atoms with van der Waals surface area (Å²) >= 11 is 0. The van der Waals surface area contributed by atoms with Crippen LogP contribution in [0.25, 0.3) is 10.8 Å². The fourth-order valence-electron chi connectivity index (χ4n) is 2.46. The van der Waals surface area contributed by atoms with E-state index in [0.717, 1.165) is 11.8 Å². The second-order valence-corrected chi connectivity index (χ2v) is 4.72. The van der Waals surface area contributed by atoms with Gasteiger partial charge in [-0.15, -0.1) is 0 Å². The van der Waals surface area contributed by atoms with Gasteiger partial charge in [-0.25, -0.2) is 0 Å². The van der Waals surface area contributed by atoms with E-state index in [1.165, 1.54) is 16.5 Å². The van der Waals surface area contributed by atoms with Crippen LogP contribution in [0.15, 0.2) is 61.2 Å². The van der Waals surface area contributed by atoms with Gasteiger partial charge in [-0.1, -0.05) is 18.2 Å². The Hall–Kier alpha value is -2.30. The predicted molar refractivity (Wildman–Crippen MR) is 79.7 cm³/mol. The molecular formula is C16H16N4. The minimum Gasteiger partial charge on any atom is -0.271 e. The molecule has 0 bridgehead atoms. The monoisotopic (exact) mass is 264 g/mol. The number of pyridine rings is 2. The highest BCUT2D eigenvalue weighted by atomic mass is 15.2. The molecule has 1 aromatic carbocycles. The zero-order chi connectivity index (χ0) is 13.8. The lowest BCUT2D eigenvalue weighted by Crippen LogP contribution is -2.29. The molecule has 0 radical (unpaired) electrons.